The lowest BCUT2D eigenvalue weighted by Gasteiger charge is -2.13. The van der Waals surface area contributed by atoms with Crippen LogP contribution < -0.4 is 0 Å². The van der Waals surface area contributed by atoms with Crippen molar-refractivity contribution in [1.82, 2.24) is 0 Å². The molecule has 0 bridgehead atoms. The Morgan fingerprint density at radius 2 is 1.57 bits per heavy atom. The second kappa shape index (κ2) is 6.25. The van der Waals surface area contributed by atoms with Gasteiger partial charge in [-0.05, 0) is 41.5 Å². The molecule has 0 aromatic heterocycles. The van der Waals surface area contributed by atoms with Crippen LogP contribution in [0.5, 0.6) is 0 Å². The molecule has 0 saturated carbocycles. The maximum Gasteiger partial charge on any atom is 0.416 e. The Morgan fingerprint density at radius 1 is 0.905 bits per heavy atom. The van der Waals surface area contributed by atoms with Crippen molar-refractivity contribution in [2.45, 2.75) is 12.1 Å². The molecular formula is C14H7Cl4F3. The normalized spacial score (nSPS) is 11.8. The number of hydrogen-bond acceptors (Lipinski definition) is 0. The van der Waals surface area contributed by atoms with Gasteiger partial charge in [0.2, 0.25) is 0 Å². The van der Waals surface area contributed by atoms with Crippen molar-refractivity contribution in [3.63, 3.8) is 0 Å². The minimum absolute atomic E-state index is 0.0527. The fourth-order valence-electron chi connectivity index (χ4n) is 1.85. The first kappa shape index (κ1) is 16.8. The lowest BCUT2D eigenvalue weighted by molar-refractivity contribution is -0.137. The molecule has 0 nitrogen and oxygen atoms in total. The second-order valence-corrected chi connectivity index (χ2v) is 5.79. The topological polar surface area (TPSA) is 0 Å². The molecule has 7 heteroatoms. The van der Waals surface area contributed by atoms with E-state index >= 15 is 0 Å². The third-order valence-electron chi connectivity index (χ3n) is 2.78. The van der Waals surface area contributed by atoms with E-state index in [9.17, 15) is 13.2 Å². The number of alkyl halides is 4. The molecule has 21 heavy (non-hydrogen) atoms. The molecule has 0 saturated heterocycles. The van der Waals surface area contributed by atoms with Crippen molar-refractivity contribution in [3.05, 3.63) is 56.5 Å². The molecule has 0 unspecified atom stereocenters. The third-order valence-corrected chi connectivity index (χ3v) is 4.11. The minimum Gasteiger partial charge on any atom is -0.166 e. The number of hydrogen-bond donors (Lipinski definition) is 0. The second-order valence-electron chi connectivity index (χ2n) is 4.30. The minimum atomic E-state index is -4.48. The molecule has 0 fully saturated rings. The van der Waals surface area contributed by atoms with Gasteiger partial charge in [0.15, 0.2) is 0 Å². The summed E-state index contributed by atoms with van der Waals surface area (Å²) in [5.41, 5.74) is 0.109. The Kier molecular flexibility index (Phi) is 4.99. The monoisotopic (exact) mass is 372 g/mol. The summed E-state index contributed by atoms with van der Waals surface area (Å²) in [4.78, 5) is 0. The van der Waals surface area contributed by atoms with Crippen LogP contribution in [0, 0.1) is 0 Å². The van der Waals surface area contributed by atoms with Gasteiger partial charge < -0.3 is 0 Å². The number of benzene rings is 2. The van der Waals surface area contributed by atoms with Crippen LogP contribution in [-0.2, 0) is 12.1 Å². The van der Waals surface area contributed by atoms with Gasteiger partial charge in [-0.25, -0.2) is 0 Å². The summed E-state index contributed by atoms with van der Waals surface area (Å²) in [6, 6.07) is 6.39. The summed E-state index contributed by atoms with van der Waals surface area (Å²) in [5.74, 6) is -0.0527. The average molecular weight is 374 g/mol. The van der Waals surface area contributed by atoms with Crippen molar-refractivity contribution in [1.29, 1.82) is 0 Å². The summed E-state index contributed by atoms with van der Waals surface area (Å²) >= 11 is 23.5. The van der Waals surface area contributed by atoms with Gasteiger partial charge in [-0.1, -0.05) is 34.8 Å². The predicted octanol–water partition coefficient (Wildman–Crippen LogP) is 7.07. The molecule has 0 amide bonds. The molecule has 0 aliphatic carbocycles. The molecule has 2 rings (SSSR count). The molecule has 0 N–H and O–H groups in total. The molecule has 112 valence electrons. The van der Waals surface area contributed by atoms with Crippen LogP contribution in [0.3, 0.4) is 0 Å². The van der Waals surface area contributed by atoms with Crippen LogP contribution in [0.2, 0.25) is 15.1 Å². The van der Waals surface area contributed by atoms with E-state index in [2.05, 4.69) is 0 Å². The Morgan fingerprint density at radius 3 is 2.14 bits per heavy atom. The molecule has 2 aromatic carbocycles. The van der Waals surface area contributed by atoms with Crippen molar-refractivity contribution < 1.29 is 13.2 Å². The summed E-state index contributed by atoms with van der Waals surface area (Å²) in [6.07, 6.45) is -4.48. The van der Waals surface area contributed by atoms with Gasteiger partial charge in [0, 0.05) is 16.5 Å². The van der Waals surface area contributed by atoms with Crippen LogP contribution in [0.15, 0.2) is 30.3 Å². The van der Waals surface area contributed by atoms with Crippen molar-refractivity contribution in [3.8, 4) is 11.1 Å². The van der Waals surface area contributed by atoms with E-state index in [-0.39, 0.29) is 26.5 Å². The zero-order chi connectivity index (χ0) is 15.8. The Labute approximate surface area is 139 Å². The zero-order valence-electron chi connectivity index (χ0n) is 10.2. The van der Waals surface area contributed by atoms with Crippen molar-refractivity contribution in [2.75, 3.05) is 0 Å². The summed E-state index contributed by atoms with van der Waals surface area (Å²) in [5, 5.41) is 0.592. The van der Waals surface area contributed by atoms with E-state index < -0.39 is 11.7 Å². The van der Waals surface area contributed by atoms with E-state index in [1.165, 1.54) is 18.2 Å². The fourth-order valence-corrected chi connectivity index (χ4v) is 2.72. The number of halogens is 7. The first-order chi connectivity index (χ1) is 9.72. The summed E-state index contributed by atoms with van der Waals surface area (Å²) in [6.45, 7) is 0. The molecule has 0 aliphatic heterocycles. The third kappa shape index (κ3) is 3.78. The average Bonchev–Trinajstić information content (AvgIpc) is 2.41. The first-order valence-electron chi connectivity index (χ1n) is 5.64. The van der Waals surface area contributed by atoms with Crippen LogP contribution in [-0.4, -0.2) is 0 Å². The summed E-state index contributed by atoms with van der Waals surface area (Å²) in [7, 11) is 0. The highest BCUT2D eigenvalue weighted by Crippen LogP contribution is 2.39. The first-order valence-corrected chi connectivity index (χ1v) is 7.31. The van der Waals surface area contributed by atoms with Gasteiger partial charge in [-0.3, -0.25) is 0 Å². The highest BCUT2D eigenvalue weighted by Gasteiger charge is 2.31. The van der Waals surface area contributed by atoms with Crippen molar-refractivity contribution >= 4 is 46.4 Å². The highest BCUT2D eigenvalue weighted by atomic mass is 35.5. The molecular weight excluding hydrogens is 367 g/mol. The van der Waals surface area contributed by atoms with Gasteiger partial charge in [-0.15, -0.1) is 11.6 Å². The van der Waals surface area contributed by atoms with E-state index in [1.807, 2.05) is 0 Å². The van der Waals surface area contributed by atoms with Gasteiger partial charge in [0.1, 0.15) is 0 Å². The lowest BCUT2D eigenvalue weighted by atomic mass is 10.00. The fraction of sp³-hybridized carbons (Fsp3) is 0.143. The largest absolute Gasteiger partial charge is 0.416 e. The maximum absolute atomic E-state index is 12.9. The molecule has 0 aliphatic rings. The maximum atomic E-state index is 12.9. The van der Waals surface area contributed by atoms with Gasteiger partial charge in [0.05, 0.1) is 15.6 Å². The Bertz CT molecular complexity index is 681. The molecule has 0 heterocycles. The molecule has 2 aromatic rings. The Balaban J connectivity index is 2.69. The summed E-state index contributed by atoms with van der Waals surface area (Å²) < 4.78 is 38.8. The van der Waals surface area contributed by atoms with E-state index in [0.29, 0.717) is 11.1 Å². The lowest BCUT2D eigenvalue weighted by Crippen LogP contribution is -2.06. The van der Waals surface area contributed by atoms with E-state index in [4.69, 9.17) is 46.4 Å². The van der Waals surface area contributed by atoms with Crippen LogP contribution in [0.1, 0.15) is 11.1 Å². The Hall–Kier alpha value is -0.610. The zero-order valence-corrected chi connectivity index (χ0v) is 13.3. The quantitative estimate of drug-likeness (QED) is 0.390. The standard InChI is InChI=1S/C14H7Cl4F3/c15-6-7-1-8(3-9(2-7)14(19,20)21)11-4-10(16)5-12(17)13(11)18/h1-5H,6H2. The number of rotatable bonds is 2. The SMILES string of the molecule is FC(F)(F)c1cc(CCl)cc(-c2cc(Cl)cc(Cl)c2Cl)c1. The highest BCUT2D eigenvalue weighted by molar-refractivity contribution is 6.45. The van der Waals surface area contributed by atoms with Crippen molar-refractivity contribution in [2.24, 2.45) is 0 Å². The van der Waals surface area contributed by atoms with Gasteiger partial charge in [-0.2, -0.15) is 13.2 Å². The van der Waals surface area contributed by atoms with Gasteiger partial charge in [0.25, 0.3) is 0 Å². The van der Waals surface area contributed by atoms with Gasteiger partial charge >= 0.3 is 6.18 Å². The van der Waals surface area contributed by atoms with Crippen LogP contribution >= 0.6 is 46.4 Å². The molecule has 0 radical (unpaired) electrons. The molecule has 0 spiro atoms. The van der Waals surface area contributed by atoms with Crippen LogP contribution in [0.25, 0.3) is 11.1 Å². The smallest absolute Gasteiger partial charge is 0.166 e. The molecule has 0 atom stereocenters. The van der Waals surface area contributed by atoms with E-state index in [1.54, 1.807) is 0 Å². The predicted molar refractivity (Wildman–Crippen MR) is 81.5 cm³/mol. The van der Waals surface area contributed by atoms with E-state index in [0.717, 1.165) is 12.1 Å². The van der Waals surface area contributed by atoms with Crippen LogP contribution in [0.4, 0.5) is 13.2 Å².